The lowest BCUT2D eigenvalue weighted by atomic mass is 9.90. The first-order valence-electron chi connectivity index (χ1n) is 8.30. The molecule has 4 rings (SSSR count). The van der Waals surface area contributed by atoms with Gasteiger partial charge in [0.25, 0.3) is 5.56 Å². The monoisotopic (exact) mass is 340 g/mol. The van der Waals surface area contributed by atoms with Crippen molar-refractivity contribution < 1.29 is 9.47 Å². The molecule has 0 amide bonds. The number of pyridine rings is 1. The first-order chi connectivity index (χ1) is 12.1. The highest BCUT2D eigenvalue weighted by Gasteiger charge is 2.50. The number of nitrogens with zero attached hydrogens (tertiary/aromatic N) is 3. The minimum Gasteiger partial charge on any atom is -0.375 e. The van der Waals surface area contributed by atoms with E-state index in [4.69, 9.17) is 9.47 Å². The van der Waals surface area contributed by atoms with Gasteiger partial charge in [0.15, 0.2) is 0 Å². The van der Waals surface area contributed by atoms with Gasteiger partial charge >= 0.3 is 0 Å². The minimum absolute atomic E-state index is 0.0649. The predicted molar refractivity (Wildman–Crippen MR) is 92.6 cm³/mol. The van der Waals surface area contributed by atoms with E-state index in [-0.39, 0.29) is 17.2 Å². The van der Waals surface area contributed by atoms with Gasteiger partial charge in [0.2, 0.25) is 0 Å². The number of morpholine rings is 1. The lowest BCUT2D eigenvalue weighted by Crippen LogP contribution is -2.68. The molecule has 2 fully saturated rings. The van der Waals surface area contributed by atoms with E-state index in [2.05, 4.69) is 33.7 Å². The normalized spacial score (nSPS) is 21.5. The van der Waals surface area contributed by atoms with Crippen LogP contribution in [0.2, 0.25) is 0 Å². The molecule has 1 atom stereocenters. The van der Waals surface area contributed by atoms with Crippen molar-refractivity contribution in [2.75, 3.05) is 31.3 Å². The molecule has 0 aliphatic carbocycles. The Hall–Kier alpha value is -2.56. The summed E-state index contributed by atoms with van der Waals surface area (Å²) in [5.74, 6) is 6.08. The third-order valence-corrected chi connectivity index (χ3v) is 4.88. The zero-order valence-electron chi connectivity index (χ0n) is 14.3. The van der Waals surface area contributed by atoms with Crippen LogP contribution in [-0.4, -0.2) is 52.8 Å². The van der Waals surface area contributed by atoms with Gasteiger partial charge in [-0.15, -0.1) is 0 Å². The maximum Gasteiger partial charge on any atom is 0.271 e. The fraction of sp³-hybridized carbons (Fsp3) is 0.444. The van der Waals surface area contributed by atoms with Crippen LogP contribution in [-0.2, 0) is 16.5 Å². The SMILES string of the molecule is CC1N(c2cc(C#Cc3ccn(C)n3)c[nH]c2=O)CCOC12COC2. The first kappa shape index (κ1) is 15.9. The summed E-state index contributed by atoms with van der Waals surface area (Å²) in [5.41, 5.74) is 1.64. The molecule has 2 aliphatic rings. The molecule has 130 valence electrons. The van der Waals surface area contributed by atoms with E-state index < -0.39 is 0 Å². The fourth-order valence-corrected chi connectivity index (χ4v) is 3.28. The molecule has 1 spiro atoms. The number of hydrogen-bond donors (Lipinski definition) is 1. The average Bonchev–Trinajstić information content (AvgIpc) is 2.99. The third-order valence-electron chi connectivity index (χ3n) is 4.88. The Bertz CT molecular complexity index is 901. The van der Waals surface area contributed by atoms with E-state index in [0.29, 0.717) is 37.7 Å². The molecule has 4 heterocycles. The summed E-state index contributed by atoms with van der Waals surface area (Å²) in [5, 5.41) is 4.24. The molecule has 0 radical (unpaired) electrons. The van der Waals surface area contributed by atoms with Gasteiger partial charge in [-0.05, 0) is 25.0 Å². The summed E-state index contributed by atoms with van der Waals surface area (Å²) in [4.78, 5) is 17.3. The van der Waals surface area contributed by atoms with E-state index in [9.17, 15) is 4.79 Å². The molecule has 25 heavy (non-hydrogen) atoms. The Morgan fingerprint density at radius 3 is 2.92 bits per heavy atom. The number of anilines is 1. The molecule has 2 aromatic heterocycles. The molecule has 0 aromatic carbocycles. The van der Waals surface area contributed by atoms with Gasteiger partial charge in [0.05, 0.1) is 25.9 Å². The Kier molecular flexibility index (Phi) is 3.86. The molecular weight excluding hydrogens is 320 g/mol. The number of rotatable bonds is 1. The predicted octanol–water partition coefficient (Wildman–Crippen LogP) is 0.502. The van der Waals surface area contributed by atoms with Crippen molar-refractivity contribution in [2.45, 2.75) is 18.6 Å². The molecule has 1 N–H and O–H groups in total. The van der Waals surface area contributed by atoms with Crippen molar-refractivity contribution >= 4 is 5.69 Å². The van der Waals surface area contributed by atoms with Crippen LogP contribution in [0.1, 0.15) is 18.2 Å². The van der Waals surface area contributed by atoms with E-state index >= 15 is 0 Å². The molecule has 2 saturated heterocycles. The highest BCUT2D eigenvalue weighted by atomic mass is 16.6. The molecule has 2 aromatic rings. The summed E-state index contributed by atoms with van der Waals surface area (Å²) >= 11 is 0. The summed E-state index contributed by atoms with van der Waals surface area (Å²) in [7, 11) is 1.85. The van der Waals surface area contributed by atoms with Crippen molar-refractivity contribution in [3.8, 4) is 11.8 Å². The van der Waals surface area contributed by atoms with E-state index in [0.717, 1.165) is 5.56 Å². The van der Waals surface area contributed by atoms with Crippen molar-refractivity contribution in [1.29, 1.82) is 0 Å². The van der Waals surface area contributed by atoms with Crippen LogP contribution in [0.4, 0.5) is 5.69 Å². The molecule has 7 nitrogen and oxygen atoms in total. The molecular formula is C18H20N4O3. The summed E-state index contributed by atoms with van der Waals surface area (Å²) < 4.78 is 13.0. The number of nitrogens with one attached hydrogen (secondary N) is 1. The van der Waals surface area contributed by atoms with E-state index in [1.54, 1.807) is 10.9 Å². The van der Waals surface area contributed by atoms with Crippen LogP contribution in [0.25, 0.3) is 0 Å². The highest BCUT2D eigenvalue weighted by Crippen LogP contribution is 2.34. The van der Waals surface area contributed by atoms with E-state index in [1.807, 2.05) is 25.4 Å². The van der Waals surface area contributed by atoms with Gasteiger partial charge < -0.3 is 19.4 Å². The molecule has 7 heteroatoms. The Balaban J connectivity index is 1.64. The number of aromatic amines is 1. The topological polar surface area (TPSA) is 72.4 Å². The van der Waals surface area contributed by atoms with Gasteiger partial charge in [-0.25, -0.2) is 0 Å². The third kappa shape index (κ3) is 2.84. The fourth-order valence-electron chi connectivity index (χ4n) is 3.28. The zero-order chi connectivity index (χ0) is 17.4. The van der Waals surface area contributed by atoms with Crippen LogP contribution in [0.3, 0.4) is 0 Å². The number of hydrogen-bond acceptors (Lipinski definition) is 5. The first-order valence-corrected chi connectivity index (χ1v) is 8.30. The lowest BCUT2D eigenvalue weighted by molar-refractivity contribution is -0.228. The Labute approximate surface area is 145 Å². The second-order valence-corrected chi connectivity index (χ2v) is 6.50. The van der Waals surface area contributed by atoms with Gasteiger partial charge in [0, 0.05) is 31.5 Å². The van der Waals surface area contributed by atoms with Crippen LogP contribution in [0.15, 0.2) is 29.3 Å². The summed E-state index contributed by atoms with van der Waals surface area (Å²) in [6, 6.07) is 3.75. The van der Waals surface area contributed by atoms with Crippen LogP contribution in [0.5, 0.6) is 0 Å². The van der Waals surface area contributed by atoms with Crippen molar-refractivity contribution in [3.63, 3.8) is 0 Å². The van der Waals surface area contributed by atoms with Crippen molar-refractivity contribution in [2.24, 2.45) is 7.05 Å². The number of aromatic nitrogens is 3. The molecule has 0 bridgehead atoms. The average molecular weight is 340 g/mol. The maximum absolute atomic E-state index is 12.4. The second kappa shape index (κ2) is 6.06. The quantitative estimate of drug-likeness (QED) is 0.766. The largest absolute Gasteiger partial charge is 0.375 e. The summed E-state index contributed by atoms with van der Waals surface area (Å²) in [6.07, 6.45) is 3.48. The Morgan fingerprint density at radius 1 is 1.40 bits per heavy atom. The highest BCUT2D eigenvalue weighted by molar-refractivity contribution is 5.52. The molecule has 0 saturated carbocycles. The number of aryl methyl sites for hydroxylation is 1. The van der Waals surface area contributed by atoms with Crippen LogP contribution >= 0.6 is 0 Å². The maximum atomic E-state index is 12.4. The van der Waals surface area contributed by atoms with Gasteiger partial charge in [-0.3, -0.25) is 9.48 Å². The number of ether oxygens (including phenoxy) is 2. The summed E-state index contributed by atoms with van der Waals surface area (Å²) in [6.45, 7) is 4.47. The van der Waals surface area contributed by atoms with Gasteiger partial charge in [-0.1, -0.05) is 5.92 Å². The van der Waals surface area contributed by atoms with Crippen molar-refractivity contribution in [3.05, 3.63) is 46.1 Å². The molecule has 2 aliphatic heterocycles. The Morgan fingerprint density at radius 2 is 2.24 bits per heavy atom. The van der Waals surface area contributed by atoms with Crippen LogP contribution < -0.4 is 10.5 Å². The lowest BCUT2D eigenvalue weighted by Gasteiger charge is -2.53. The minimum atomic E-state index is -0.305. The standard InChI is InChI=1S/C18H20N4O3/c1-13-18(11-24-12-18)25-8-7-22(13)16-9-14(10-19-17(16)23)3-4-15-5-6-21(2)20-15/h5-6,9-10,13H,7-8,11-12H2,1-2H3,(H,19,23). The van der Waals surface area contributed by atoms with Gasteiger partial charge in [0.1, 0.15) is 17.0 Å². The second-order valence-electron chi connectivity index (χ2n) is 6.50. The van der Waals surface area contributed by atoms with E-state index in [1.165, 1.54) is 0 Å². The van der Waals surface area contributed by atoms with Crippen LogP contribution in [0, 0.1) is 11.8 Å². The number of H-pyrrole nitrogens is 1. The zero-order valence-corrected chi connectivity index (χ0v) is 14.3. The molecule has 1 unspecified atom stereocenters. The smallest absolute Gasteiger partial charge is 0.271 e. The van der Waals surface area contributed by atoms with Crippen molar-refractivity contribution in [1.82, 2.24) is 14.8 Å². The van der Waals surface area contributed by atoms with Gasteiger partial charge in [-0.2, -0.15) is 5.10 Å².